The molecule has 2 aromatic rings. The topological polar surface area (TPSA) is 117 Å². The van der Waals surface area contributed by atoms with Crippen LogP contribution in [0.25, 0.3) is 0 Å². The first-order valence-corrected chi connectivity index (χ1v) is 13.4. The number of rotatable bonds is 6. The molecule has 1 saturated heterocycles. The monoisotopic (exact) mass is 458 g/mol. The van der Waals surface area contributed by atoms with E-state index in [0.29, 0.717) is 42.7 Å². The number of sulfonamides is 1. The Morgan fingerprint density at radius 3 is 2.24 bits per heavy atom. The summed E-state index contributed by atoms with van der Waals surface area (Å²) in [6, 6.07) is 6.35. The van der Waals surface area contributed by atoms with Crippen LogP contribution in [0.2, 0.25) is 0 Å². The van der Waals surface area contributed by atoms with Gasteiger partial charge in [0.2, 0.25) is 15.9 Å². The zero-order valence-corrected chi connectivity index (χ0v) is 18.5. The number of nitrogens with one attached hydrogen (secondary N) is 1. The van der Waals surface area contributed by atoms with Crippen molar-refractivity contribution in [2.75, 3.05) is 44.0 Å². The lowest BCUT2D eigenvalue weighted by Crippen LogP contribution is -2.50. The summed E-state index contributed by atoms with van der Waals surface area (Å²) in [5.74, 6) is -0.0903. The molecule has 1 aromatic carbocycles. The van der Waals surface area contributed by atoms with Crippen molar-refractivity contribution in [1.82, 2.24) is 14.2 Å². The molecule has 0 unspecified atom stereocenters. The number of anilines is 2. The van der Waals surface area contributed by atoms with E-state index in [1.807, 2.05) is 0 Å². The number of nitrogens with zero attached hydrogens (tertiary/aromatic N) is 3. The molecule has 1 aliphatic heterocycles. The number of carbonyl (C=O) groups is 1. The molecule has 9 nitrogen and oxygen atoms in total. The lowest BCUT2D eigenvalue weighted by molar-refractivity contribution is -0.131. The molecule has 0 radical (unpaired) electrons. The third kappa shape index (κ3) is 5.75. The molecular formula is C17H22N4O5S3. The number of piperazine rings is 1. The van der Waals surface area contributed by atoms with E-state index in [1.54, 1.807) is 22.4 Å². The lowest BCUT2D eigenvalue weighted by atomic mass is 10.2. The molecule has 1 N–H and O–H groups in total. The molecule has 0 bridgehead atoms. The maximum absolute atomic E-state index is 12.5. The first-order valence-electron chi connectivity index (χ1n) is 8.77. The minimum atomic E-state index is -3.24. The molecule has 1 aliphatic rings. The van der Waals surface area contributed by atoms with E-state index in [0.717, 1.165) is 6.26 Å². The van der Waals surface area contributed by atoms with Gasteiger partial charge >= 0.3 is 0 Å². The second kappa shape index (κ2) is 8.38. The Morgan fingerprint density at radius 1 is 1.07 bits per heavy atom. The highest BCUT2D eigenvalue weighted by molar-refractivity contribution is 7.90. The number of hydrogen-bond donors (Lipinski definition) is 1. The molecule has 2 heterocycles. The smallest absolute Gasteiger partial charge is 0.228 e. The molecule has 158 valence electrons. The van der Waals surface area contributed by atoms with Crippen molar-refractivity contribution in [2.45, 2.75) is 11.3 Å². The fourth-order valence-corrected chi connectivity index (χ4v) is 5.08. The van der Waals surface area contributed by atoms with Gasteiger partial charge in [-0.3, -0.25) is 4.79 Å². The number of carbonyl (C=O) groups excluding carboxylic acids is 1. The van der Waals surface area contributed by atoms with Crippen molar-refractivity contribution in [3.8, 4) is 0 Å². The number of benzene rings is 1. The van der Waals surface area contributed by atoms with Gasteiger partial charge in [0.15, 0.2) is 15.0 Å². The summed E-state index contributed by atoms with van der Waals surface area (Å²) in [6.45, 7) is 1.34. The predicted molar refractivity (Wildman–Crippen MR) is 112 cm³/mol. The molecule has 0 spiro atoms. The predicted octanol–water partition coefficient (Wildman–Crippen LogP) is 0.937. The average molecular weight is 459 g/mol. The Bertz CT molecular complexity index is 1090. The van der Waals surface area contributed by atoms with E-state index in [4.69, 9.17) is 0 Å². The summed E-state index contributed by atoms with van der Waals surface area (Å²) in [7, 11) is -6.47. The highest BCUT2D eigenvalue weighted by atomic mass is 32.2. The molecule has 1 fully saturated rings. The molecule has 0 aliphatic carbocycles. The Labute approximate surface area is 174 Å². The Hall–Kier alpha value is -2.02. The lowest BCUT2D eigenvalue weighted by Gasteiger charge is -2.33. The molecule has 0 atom stereocenters. The highest BCUT2D eigenvalue weighted by Gasteiger charge is 2.26. The molecule has 1 aromatic heterocycles. The van der Waals surface area contributed by atoms with Gasteiger partial charge in [-0.1, -0.05) is 0 Å². The van der Waals surface area contributed by atoms with E-state index >= 15 is 0 Å². The zero-order valence-electron chi connectivity index (χ0n) is 16.0. The normalized spacial score (nSPS) is 16.0. The van der Waals surface area contributed by atoms with Gasteiger partial charge in [-0.05, 0) is 24.3 Å². The van der Waals surface area contributed by atoms with Crippen LogP contribution >= 0.6 is 11.3 Å². The van der Waals surface area contributed by atoms with E-state index < -0.39 is 19.9 Å². The van der Waals surface area contributed by atoms with Gasteiger partial charge < -0.3 is 10.2 Å². The fourth-order valence-electron chi connectivity index (χ4n) is 2.89. The zero-order chi connectivity index (χ0) is 21.2. The second-order valence-electron chi connectivity index (χ2n) is 6.79. The summed E-state index contributed by atoms with van der Waals surface area (Å²) in [5, 5.41) is 5.48. The minimum Gasteiger partial charge on any atom is -0.340 e. The maximum Gasteiger partial charge on any atom is 0.228 e. The van der Waals surface area contributed by atoms with Crippen molar-refractivity contribution in [2.24, 2.45) is 0 Å². The number of amides is 1. The standard InChI is InChI=1S/C17H22N4O5S3/c1-28(23,24)15-5-3-13(4-6-15)18-17-19-14(12-27-17)11-16(22)20-7-9-21(10-8-20)29(2,25)26/h3-6,12H,7-11H2,1-2H3,(H,18,19). The van der Waals surface area contributed by atoms with E-state index in [9.17, 15) is 21.6 Å². The number of thiazole rings is 1. The summed E-state index contributed by atoms with van der Waals surface area (Å²) < 4.78 is 47.5. The molecule has 3 rings (SSSR count). The molecular weight excluding hydrogens is 436 g/mol. The van der Waals surface area contributed by atoms with Gasteiger partial charge in [-0.25, -0.2) is 21.8 Å². The van der Waals surface area contributed by atoms with Gasteiger partial charge in [0, 0.05) is 43.5 Å². The number of aromatic nitrogens is 1. The Morgan fingerprint density at radius 2 is 1.69 bits per heavy atom. The summed E-state index contributed by atoms with van der Waals surface area (Å²) in [4.78, 5) is 18.8. The summed E-state index contributed by atoms with van der Waals surface area (Å²) >= 11 is 1.35. The SMILES string of the molecule is CS(=O)(=O)c1ccc(Nc2nc(CC(=O)N3CCN(S(C)(=O)=O)CC3)cs2)cc1. The van der Waals surface area contributed by atoms with Crippen molar-refractivity contribution >= 4 is 47.9 Å². The number of hydrogen-bond acceptors (Lipinski definition) is 8. The third-order valence-corrected chi connectivity index (χ3v) is 7.72. The molecule has 29 heavy (non-hydrogen) atoms. The van der Waals surface area contributed by atoms with Crippen LogP contribution in [0.4, 0.5) is 10.8 Å². The van der Waals surface area contributed by atoms with Crippen LogP contribution in [0.5, 0.6) is 0 Å². The van der Waals surface area contributed by atoms with Crippen LogP contribution in [-0.2, 0) is 31.1 Å². The Kier molecular flexibility index (Phi) is 6.27. The van der Waals surface area contributed by atoms with Crippen LogP contribution in [0.15, 0.2) is 34.5 Å². The number of sulfone groups is 1. The quantitative estimate of drug-likeness (QED) is 0.684. The fraction of sp³-hybridized carbons (Fsp3) is 0.412. The average Bonchev–Trinajstić information content (AvgIpc) is 3.07. The van der Waals surface area contributed by atoms with Crippen LogP contribution in [0.1, 0.15) is 5.69 Å². The Balaban J connectivity index is 1.56. The van der Waals surface area contributed by atoms with Gasteiger partial charge in [-0.15, -0.1) is 11.3 Å². The van der Waals surface area contributed by atoms with Crippen LogP contribution in [0.3, 0.4) is 0 Å². The first kappa shape index (κ1) is 21.7. The van der Waals surface area contributed by atoms with Crippen molar-refractivity contribution in [3.05, 3.63) is 35.3 Å². The van der Waals surface area contributed by atoms with E-state index in [1.165, 1.54) is 34.0 Å². The van der Waals surface area contributed by atoms with E-state index in [-0.39, 0.29) is 17.2 Å². The summed E-state index contributed by atoms with van der Waals surface area (Å²) in [5.41, 5.74) is 1.32. The van der Waals surface area contributed by atoms with Crippen LogP contribution in [-0.4, -0.2) is 75.6 Å². The van der Waals surface area contributed by atoms with E-state index in [2.05, 4.69) is 10.3 Å². The molecule has 12 heteroatoms. The molecule has 0 saturated carbocycles. The van der Waals surface area contributed by atoms with Gasteiger partial charge in [0.25, 0.3) is 0 Å². The van der Waals surface area contributed by atoms with Gasteiger partial charge in [0.1, 0.15) is 0 Å². The van der Waals surface area contributed by atoms with Crippen molar-refractivity contribution < 1.29 is 21.6 Å². The van der Waals surface area contributed by atoms with Crippen LogP contribution in [0, 0.1) is 0 Å². The van der Waals surface area contributed by atoms with Gasteiger partial charge in [0.05, 0.1) is 23.3 Å². The minimum absolute atomic E-state index is 0.0903. The molecule has 1 amide bonds. The van der Waals surface area contributed by atoms with Crippen molar-refractivity contribution in [1.29, 1.82) is 0 Å². The largest absolute Gasteiger partial charge is 0.340 e. The van der Waals surface area contributed by atoms with Crippen LogP contribution < -0.4 is 5.32 Å². The van der Waals surface area contributed by atoms with Gasteiger partial charge in [-0.2, -0.15) is 4.31 Å². The highest BCUT2D eigenvalue weighted by Crippen LogP contribution is 2.23. The third-order valence-electron chi connectivity index (χ3n) is 4.48. The maximum atomic E-state index is 12.5. The first-order chi connectivity index (χ1) is 13.5. The summed E-state index contributed by atoms with van der Waals surface area (Å²) in [6.07, 6.45) is 2.47. The van der Waals surface area contributed by atoms with Crippen molar-refractivity contribution in [3.63, 3.8) is 0 Å². The second-order valence-corrected chi connectivity index (χ2v) is 11.6.